The SMILES string of the molecule is CC(F)(F)F.CN(C(=O)[C@@H](N)C1CCC(N2CCN(Cc3nc(-c4cccc(Cl)c4)cs3)C2=O)CC1)C1CCC1. The van der Waals surface area contributed by atoms with Crippen molar-refractivity contribution in [3.05, 3.63) is 39.7 Å². The minimum absolute atomic E-state index is 0.0853. The van der Waals surface area contributed by atoms with E-state index in [1.807, 2.05) is 51.4 Å². The summed E-state index contributed by atoms with van der Waals surface area (Å²) in [6.07, 6.45) is 3.01. The first-order chi connectivity index (χ1) is 18.9. The van der Waals surface area contributed by atoms with Crippen LogP contribution in [-0.2, 0) is 11.3 Å². The third-order valence-electron chi connectivity index (χ3n) is 8.07. The molecule has 2 N–H and O–H groups in total. The molecule has 0 spiro atoms. The number of carbonyl (C=O) groups excluding carboxylic acids is 2. The Morgan fingerprint density at radius 3 is 2.48 bits per heavy atom. The lowest BCUT2D eigenvalue weighted by atomic mass is 9.80. The Kier molecular flexibility index (Phi) is 10.00. The van der Waals surface area contributed by atoms with E-state index >= 15 is 0 Å². The van der Waals surface area contributed by atoms with E-state index < -0.39 is 12.2 Å². The van der Waals surface area contributed by atoms with Gasteiger partial charge in [0.15, 0.2) is 0 Å². The molecule has 12 heteroatoms. The summed E-state index contributed by atoms with van der Waals surface area (Å²) in [4.78, 5) is 36.5. The van der Waals surface area contributed by atoms with Crippen molar-refractivity contribution in [3.63, 3.8) is 0 Å². The predicted octanol–water partition coefficient (Wildman–Crippen LogP) is 6.17. The lowest BCUT2D eigenvalue weighted by Gasteiger charge is -2.40. The standard InChI is InChI=1S/C26H34ClN5O2S.C2H3F3/c1-30(20-6-3-7-20)25(33)24(28)17-8-10-21(11-9-17)32-13-12-31(26(32)34)15-23-29-22(16-35-23)18-4-2-5-19(27)14-18;1-2(3,4)5/h2,4-5,14,16-17,20-21,24H,3,6-13,15,28H2,1H3;1H3/t17?,21?,24-;/m0./s1. The van der Waals surface area contributed by atoms with Crippen molar-refractivity contribution in [2.24, 2.45) is 11.7 Å². The molecule has 5 rings (SSSR count). The van der Waals surface area contributed by atoms with Gasteiger partial charge in [0.1, 0.15) is 5.01 Å². The highest BCUT2D eigenvalue weighted by Gasteiger charge is 2.39. The van der Waals surface area contributed by atoms with Gasteiger partial charge in [0, 0.05) is 55.1 Å². The highest BCUT2D eigenvalue weighted by Crippen LogP contribution is 2.33. The lowest BCUT2D eigenvalue weighted by Crippen LogP contribution is -2.52. The maximum atomic E-state index is 13.2. The Bertz CT molecular complexity index is 1160. The van der Waals surface area contributed by atoms with Gasteiger partial charge < -0.3 is 20.4 Å². The van der Waals surface area contributed by atoms with Crippen LogP contribution in [0.15, 0.2) is 29.6 Å². The number of urea groups is 1. The molecule has 0 unspecified atom stereocenters. The van der Waals surface area contributed by atoms with Crippen molar-refractivity contribution in [2.75, 3.05) is 20.1 Å². The Labute approximate surface area is 242 Å². The average molecular weight is 600 g/mol. The number of alkyl halides is 3. The molecule has 2 saturated carbocycles. The largest absolute Gasteiger partial charge is 0.386 e. The van der Waals surface area contributed by atoms with Crippen LogP contribution in [0.2, 0.25) is 5.02 Å². The fourth-order valence-corrected chi connectivity index (χ4v) is 6.59. The number of rotatable bonds is 7. The fourth-order valence-electron chi connectivity index (χ4n) is 5.58. The first-order valence-corrected chi connectivity index (χ1v) is 15.0. The lowest BCUT2D eigenvalue weighted by molar-refractivity contribution is -0.136. The number of halogens is 4. The van der Waals surface area contributed by atoms with Gasteiger partial charge in [-0.25, -0.2) is 9.78 Å². The number of benzene rings is 1. The quantitative estimate of drug-likeness (QED) is 0.413. The molecule has 3 fully saturated rings. The van der Waals surface area contributed by atoms with E-state index in [2.05, 4.69) is 0 Å². The smallest absolute Gasteiger partial charge is 0.341 e. The topological polar surface area (TPSA) is 82.8 Å². The van der Waals surface area contributed by atoms with Crippen molar-refractivity contribution in [1.82, 2.24) is 19.7 Å². The van der Waals surface area contributed by atoms with Gasteiger partial charge in [-0.15, -0.1) is 11.3 Å². The summed E-state index contributed by atoms with van der Waals surface area (Å²) in [5.41, 5.74) is 8.28. The monoisotopic (exact) mass is 599 g/mol. The number of hydrogen-bond donors (Lipinski definition) is 1. The third kappa shape index (κ3) is 7.88. The average Bonchev–Trinajstić information content (AvgIpc) is 3.48. The summed E-state index contributed by atoms with van der Waals surface area (Å²) in [6, 6.07) is 7.94. The van der Waals surface area contributed by atoms with Gasteiger partial charge in [-0.2, -0.15) is 13.2 Å². The molecule has 1 saturated heterocycles. The molecular weight excluding hydrogens is 563 g/mol. The first kappa shape index (κ1) is 30.6. The van der Waals surface area contributed by atoms with Gasteiger partial charge in [-0.3, -0.25) is 4.79 Å². The van der Waals surface area contributed by atoms with Crippen LogP contribution in [0.5, 0.6) is 0 Å². The maximum Gasteiger partial charge on any atom is 0.386 e. The summed E-state index contributed by atoms with van der Waals surface area (Å²) in [6.45, 7) is 2.18. The number of amides is 3. The Hall–Kier alpha value is -2.37. The molecular formula is C28H37ClF3N5O2S. The van der Waals surface area contributed by atoms with Crippen LogP contribution in [0.3, 0.4) is 0 Å². The molecule has 2 aliphatic carbocycles. The first-order valence-electron chi connectivity index (χ1n) is 13.8. The molecule has 3 amide bonds. The molecule has 2 aromatic rings. The molecule has 40 heavy (non-hydrogen) atoms. The number of thiazole rings is 1. The molecule has 1 aromatic heterocycles. The van der Waals surface area contributed by atoms with Gasteiger partial charge in [0.2, 0.25) is 5.91 Å². The second-order valence-corrected chi connectivity index (χ2v) is 12.3. The molecule has 2 heterocycles. The maximum absolute atomic E-state index is 13.2. The molecule has 220 valence electrons. The zero-order valence-electron chi connectivity index (χ0n) is 22.9. The normalized spacial score (nSPS) is 22.4. The number of aromatic nitrogens is 1. The molecule has 1 atom stereocenters. The Morgan fingerprint density at radius 1 is 1.20 bits per heavy atom. The van der Waals surface area contributed by atoms with Crippen LogP contribution in [-0.4, -0.2) is 76.1 Å². The number of nitrogens with zero attached hydrogens (tertiary/aromatic N) is 4. The highest BCUT2D eigenvalue weighted by molar-refractivity contribution is 7.09. The van der Waals surface area contributed by atoms with Gasteiger partial charge in [-0.05, 0) is 63.0 Å². The predicted molar refractivity (Wildman–Crippen MR) is 151 cm³/mol. The molecule has 1 aliphatic heterocycles. The van der Waals surface area contributed by atoms with E-state index in [0.29, 0.717) is 17.6 Å². The van der Waals surface area contributed by atoms with Crippen LogP contribution in [0.1, 0.15) is 56.9 Å². The zero-order chi connectivity index (χ0) is 29.0. The minimum Gasteiger partial charge on any atom is -0.341 e. The van der Waals surface area contributed by atoms with E-state index in [1.54, 1.807) is 11.3 Å². The summed E-state index contributed by atoms with van der Waals surface area (Å²) in [5, 5.41) is 3.64. The van der Waals surface area contributed by atoms with Crippen molar-refractivity contribution < 1.29 is 22.8 Å². The van der Waals surface area contributed by atoms with Gasteiger partial charge in [0.05, 0.1) is 18.3 Å². The number of carbonyl (C=O) groups is 2. The second kappa shape index (κ2) is 13.1. The van der Waals surface area contributed by atoms with Crippen molar-refractivity contribution in [2.45, 2.75) is 82.7 Å². The van der Waals surface area contributed by atoms with Crippen LogP contribution >= 0.6 is 22.9 Å². The van der Waals surface area contributed by atoms with Crippen LogP contribution in [0, 0.1) is 5.92 Å². The van der Waals surface area contributed by atoms with Crippen molar-refractivity contribution in [1.29, 1.82) is 0 Å². The summed E-state index contributed by atoms with van der Waals surface area (Å²) >= 11 is 7.69. The minimum atomic E-state index is -4.00. The Morgan fingerprint density at radius 2 is 1.88 bits per heavy atom. The van der Waals surface area contributed by atoms with E-state index in [1.165, 1.54) is 6.42 Å². The summed E-state index contributed by atoms with van der Waals surface area (Å²) < 4.78 is 31.1. The van der Waals surface area contributed by atoms with Gasteiger partial charge in [-0.1, -0.05) is 23.7 Å². The van der Waals surface area contributed by atoms with Crippen LogP contribution < -0.4 is 5.73 Å². The van der Waals surface area contributed by atoms with E-state index in [9.17, 15) is 22.8 Å². The summed E-state index contributed by atoms with van der Waals surface area (Å²) in [7, 11) is 1.90. The number of likely N-dealkylation sites (N-methyl/N-ethyl adjacent to an activating group) is 1. The molecule has 3 aliphatic rings. The van der Waals surface area contributed by atoms with Gasteiger partial charge >= 0.3 is 12.2 Å². The zero-order valence-corrected chi connectivity index (χ0v) is 24.4. The Balaban J connectivity index is 0.000000681. The molecule has 0 radical (unpaired) electrons. The van der Waals surface area contributed by atoms with Crippen LogP contribution in [0.4, 0.5) is 18.0 Å². The van der Waals surface area contributed by atoms with Crippen molar-refractivity contribution in [3.8, 4) is 11.3 Å². The molecule has 1 aromatic carbocycles. The fraction of sp³-hybridized carbons (Fsp3) is 0.607. The summed E-state index contributed by atoms with van der Waals surface area (Å²) in [5.74, 6) is 0.289. The highest BCUT2D eigenvalue weighted by atomic mass is 35.5. The van der Waals surface area contributed by atoms with Crippen LogP contribution in [0.25, 0.3) is 11.3 Å². The van der Waals surface area contributed by atoms with Gasteiger partial charge in [0.25, 0.3) is 0 Å². The van der Waals surface area contributed by atoms with E-state index in [0.717, 1.165) is 67.9 Å². The van der Waals surface area contributed by atoms with E-state index in [-0.39, 0.29) is 30.8 Å². The number of hydrogen-bond acceptors (Lipinski definition) is 5. The van der Waals surface area contributed by atoms with E-state index in [4.69, 9.17) is 22.3 Å². The number of nitrogens with two attached hydrogens (primary N) is 1. The third-order valence-corrected chi connectivity index (χ3v) is 9.14. The molecule has 7 nitrogen and oxygen atoms in total. The van der Waals surface area contributed by atoms with Crippen molar-refractivity contribution >= 4 is 34.9 Å². The second-order valence-electron chi connectivity index (χ2n) is 10.9. The molecule has 0 bridgehead atoms.